The fourth-order valence-electron chi connectivity index (χ4n) is 3.61. The van der Waals surface area contributed by atoms with Crippen LogP contribution in [0.15, 0.2) is 24.5 Å². The molecule has 1 amide bonds. The summed E-state index contributed by atoms with van der Waals surface area (Å²) in [5, 5.41) is 15.9. The number of nitrogens with zero attached hydrogens (tertiary/aromatic N) is 3. The third-order valence-electron chi connectivity index (χ3n) is 4.53. The number of aromatic nitrogens is 2. The Morgan fingerprint density at radius 2 is 2.20 bits per heavy atom. The maximum atomic E-state index is 12.3. The molecule has 2 N–H and O–H groups in total. The maximum absolute atomic E-state index is 12.3. The van der Waals surface area contributed by atoms with Gasteiger partial charge in [0.15, 0.2) is 0 Å². The van der Waals surface area contributed by atoms with E-state index in [0.29, 0.717) is 29.1 Å². The minimum Gasteiger partial charge on any atom is -0.375 e. The second kappa shape index (κ2) is 7.13. The number of nitrogens with one attached hydrogen (secondary N) is 2. The molecule has 3 rings (SSSR count). The number of rotatable bonds is 4. The fraction of sp³-hybridized carbons (Fsp3) is 0.444. The molecule has 1 aliphatic rings. The first kappa shape index (κ1) is 17.3. The van der Waals surface area contributed by atoms with Crippen LogP contribution in [0.3, 0.4) is 0 Å². The van der Waals surface area contributed by atoms with Gasteiger partial charge in [0.05, 0.1) is 16.6 Å². The molecule has 130 valence electrons. The van der Waals surface area contributed by atoms with Gasteiger partial charge in [0, 0.05) is 31.6 Å². The largest absolute Gasteiger partial charge is 0.375 e. The predicted molar refractivity (Wildman–Crippen MR) is 92.6 cm³/mol. The van der Waals surface area contributed by atoms with Gasteiger partial charge >= 0.3 is 0 Å². The fourth-order valence-corrected chi connectivity index (χ4v) is 3.61. The summed E-state index contributed by atoms with van der Waals surface area (Å²) in [5.74, 6) is 0.193. The van der Waals surface area contributed by atoms with Gasteiger partial charge in [-0.05, 0) is 24.9 Å². The minimum atomic E-state index is -0.616. The van der Waals surface area contributed by atoms with Crippen molar-refractivity contribution in [1.82, 2.24) is 20.6 Å². The third kappa shape index (κ3) is 3.31. The van der Waals surface area contributed by atoms with Crippen molar-refractivity contribution in [2.24, 2.45) is 5.92 Å². The van der Waals surface area contributed by atoms with Crippen LogP contribution in [0.1, 0.15) is 24.5 Å². The molecular weight excluding hydrogens is 318 g/mol. The SMILES string of the molecule is COCC(=O)N[C@]1(c2ccc(C#N)c3nccnc23)CNC[C@@H](C)C1. The summed E-state index contributed by atoms with van der Waals surface area (Å²) >= 11 is 0. The van der Waals surface area contributed by atoms with E-state index in [2.05, 4.69) is 33.6 Å². The summed E-state index contributed by atoms with van der Waals surface area (Å²) in [6, 6.07) is 5.78. The molecule has 2 atom stereocenters. The highest BCUT2D eigenvalue weighted by atomic mass is 16.5. The number of nitriles is 1. The zero-order valence-corrected chi connectivity index (χ0v) is 14.4. The summed E-state index contributed by atoms with van der Waals surface area (Å²) in [4.78, 5) is 21.1. The molecular formula is C18H21N5O2. The molecule has 25 heavy (non-hydrogen) atoms. The average Bonchev–Trinajstić information content (AvgIpc) is 2.60. The van der Waals surface area contributed by atoms with Crippen molar-refractivity contribution in [2.45, 2.75) is 18.9 Å². The molecule has 1 aliphatic heterocycles. The van der Waals surface area contributed by atoms with E-state index in [1.807, 2.05) is 6.07 Å². The highest BCUT2D eigenvalue weighted by Crippen LogP contribution is 2.35. The molecule has 2 aromatic rings. The monoisotopic (exact) mass is 339 g/mol. The second-order valence-electron chi connectivity index (χ2n) is 6.53. The Morgan fingerprint density at radius 3 is 2.88 bits per heavy atom. The molecule has 1 fully saturated rings. The van der Waals surface area contributed by atoms with Gasteiger partial charge in [-0.15, -0.1) is 0 Å². The molecule has 0 aliphatic carbocycles. The number of hydrogen-bond acceptors (Lipinski definition) is 6. The Bertz CT molecular complexity index is 832. The maximum Gasteiger partial charge on any atom is 0.246 e. The molecule has 0 bridgehead atoms. The van der Waals surface area contributed by atoms with Crippen LogP contribution in [0.5, 0.6) is 0 Å². The van der Waals surface area contributed by atoms with E-state index < -0.39 is 5.54 Å². The lowest BCUT2D eigenvalue weighted by Crippen LogP contribution is -2.58. The first-order valence-corrected chi connectivity index (χ1v) is 8.24. The van der Waals surface area contributed by atoms with Gasteiger partial charge in [-0.2, -0.15) is 5.26 Å². The highest BCUT2D eigenvalue weighted by Gasteiger charge is 2.39. The van der Waals surface area contributed by atoms with Crippen LogP contribution >= 0.6 is 0 Å². The number of fused-ring (bicyclic) bond motifs is 1. The molecule has 0 spiro atoms. The molecule has 7 heteroatoms. The molecule has 1 aromatic carbocycles. The Balaban J connectivity index is 2.15. The normalized spacial score (nSPS) is 23.2. The Hall–Kier alpha value is -2.56. The smallest absolute Gasteiger partial charge is 0.246 e. The van der Waals surface area contributed by atoms with E-state index >= 15 is 0 Å². The van der Waals surface area contributed by atoms with E-state index in [-0.39, 0.29) is 12.5 Å². The lowest BCUT2D eigenvalue weighted by atomic mass is 9.78. The standard InChI is InChI=1S/C18H21N5O2/c1-12-7-18(11-20-9-12,23-15(24)10-25-2)14-4-3-13(8-19)16-17(14)22-6-5-21-16/h3-6,12,20H,7,9-11H2,1-2H3,(H,23,24)/t12-,18-/m0/s1. The zero-order chi connectivity index (χ0) is 17.9. The predicted octanol–water partition coefficient (Wildman–Crippen LogP) is 1.09. The summed E-state index contributed by atoms with van der Waals surface area (Å²) in [6.45, 7) is 3.61. The number of carbonyl (C=O) groups is 1. The van der Waals surface area contributed by atoms with Gasteiger partial charge in [-0.3, -0.25) is 14.8 Å². The van der Waals surface area contributed by atoms with Gasteiger partial charge in [0.1, 0.15) is 18.2 Å². The van der Waals surface area contributed by atoms with Crippen molar-refractivity contribution in [3.8, 4) is 6.07 Å². The first-order valence-electron chi connectivity index (χ1n) is 8.24. The average molecular weight is 339 g/mol. The lowest BCUT2D eigenvalue weighted by molar-refractivity contribution is -0.127. The highest BCUT2D eigenvalue weighted by molar-refractivity contribution is 5.86. The Labute approximate surface area is 146 Å². The van der Waals surface area contributed by atoms with Crippen molar-refractivity contribution >= 4 is 16.9 Å². The molecule has 1 saturated heterocycles. The molecule has 2 heterocycles. The second-order valence-corrected chi connectivity index (χ2v) is 6.53. The topological polar surface area (TPSA) is 99.9 Å². The van der Waals surface area contributed by atoms with Crippen LogP contribution in [-0.2, 0) is 15.1 Å². The summed E-state index contributed by atoms with van der Waals surface area (Å²) in [6.07, 6.45) is 3.95. The summed E-state index contributed by atoms with van der Waals surface area (Å²) in [7, 11) is 1.50. The molecule has 0 radical (unpaired) electrons. The van der Waals surface area contributed by atoms with E-state index in [1.165, 1.54) is 7.11 Å². The van der Waals surface area contributed by atoms with Gasteiger partial charge in [0.2, 0.25) is 5.91 Å². The molecule has 0 unspecified atom stereocenters. The van der Waals surface area contributed by atoms with Crippen molar-refractivity contribution in [3.05, 3.63) is 35.7 Å². The first-order chi connectivity index (χ1) is 12.1. The Morgan fingerprint density at radius 1 is 1.44 bits per heavy atom. The molecule has 7 nitrogen and oxygen atoms in total. The van der Waals surface area contributed by atoms with E-state index in [1.54, 1.807) is 18.5 Å². The van der Waals surface area contributed by atoms with Crippen LogP contribution in [0.2, 0.25) is 0 Å². The van der Waals surface area contributed by atoms with E-state index in [0.717, 1.165) is 18.5 Å². The number of hydrogen-bond donors (Lipinski definition) is 2. The number of methoxy groups -OCH3 is 1. The van der Waals surface area contributed by atoms with Gasteiger partial charge in [-0.25, -0.2) is 0 Å². The van der Waals surface area contributed by atoms with Crippen molar-refractivity contribution in [1.29, 1.82) is 5.26 Å². The lowest BCUT2D eigenvalue weighted by Gasteiger charge is -2.42. The van der Waals surface area contributed by atoms with Crippen LogP contribution in [0, 0.1) is 17.2 Å². The summed E-state index contributed by atoms with van der Waals surface area (Å²) < 4.78 is 4.97. The molecule has 1 aromatic heterocycles. The van der Waals surface area contributed by atoms with E-state index in [9.17, 15) is 10.1 Å². The van der Waals surface area contributed by atoms with Crippen LogP contribution < -0.4 is 10.6 Å². The van der Waals surface area contributed by atoms with Crippen molar-refractivity contribution in [2.75, 3.05) is 26.8 Å². The summed E-state index contributed by atoms with van der Waals surface area (Å²) in [5.41, 5.74) is 1.94. The number of piperidine rings is 1. The zero-order valence-electron chi connectivity index (χ0n) is 14.4. The number of ether oxygens (including phenoxy) is 1. The number of benzene rings is 1. The van der Waals surface area contributed by atoms with Crippen molar-refractivity contribution in [3.63, 3.8) is 0 Å². The number of amides is 1. The van der Waals surface area contributed by atoms with Gasteiger partial charge < -0.3 is 15.4 Å². The van der Waals surface area contributed by atoms with E-state index in [4.69, 9.17) is 4.74 Å². The third-order valence-corrected chi connectivity index (χ3v) is 4.53. The van der Waals surface area contributed by atoms with Crippen LogP contribution in [0.25, 0.3) is 11.0 Å². The van der Waals surface area contributed by atoms with Gasteiger partial charge in [-0.1, -0.05) is 13.0 Å². The number of carbonyl (C=O) groups excluding carboxylic acids is 1. The molecule has 0 saturated carbocycles. The van der Waals surface area contributed by atoms with Crippen molar-refractivity contribution < 1.29 is 9.53 Å². The van der Waals surface area contributed by atoms with Crippen LogP contribution in [0.4, 0.5) is 0 Å². The Kier molecular flexibility index (Phi) is 4.93. The minimum absolute atomic E-state index is 0.00395. The van der Waals surface area contributed by atoms with Gasteiger partial charge in [0.25, 0.3) is 0 Å². The quantitative estimate of drug-likeness (QED) is 0.865. The van der Waals surface area contributed by atoms with Crippen LogP contribution in [-0.4, -0.2) is 42.7 Å².